The Balaban J connectivity index is 3.34. The zero-order valence-corrected chi connectivity index (χ0v) is 6.82. The van der Waals surface area contributed by atoms with Crippen LogP contribution in [0.4, 0.5) is 0 Å². The first-order valence-corrected chi connectivity index (χ1v) is 3.41. The first-order valence-electron chi connectivity index (χ1n) is 3.41. The predicted octanol–water partition coefficient (Wildman–Crippen LogP) is 1.51. The van der Waals surface area contributed by atoms with Gasteiger partial charge in [-0.2, -0.15) is 0 Å². The van der Waals surface area contributed by atoms with Crippen LogP contribution in [0.3, 0.4) is 0 Å². The molecule has 0 fully saturated rings. The largest absolute Gasteiger partial charge is 0.388 e. The molecule has 11 heavy (non-hydrogen) atoms. The molecule has 1 heterocycles. The quantitative estimate of drug-likeness (QED) is 0.651. The summed E-state index contributed by atoms with van der Waals surface area (Å²) in [4.78, 5) is 13.5. The Morgan fingerprint density at radius 3 is 1.91 bits per heavy atom. The molecule has 1 radical (unpaired) electrons. The average Bonchev–Trinajstić information content (AvgIpc) is 2.07. The Morgan fingerprint density at radius 1 is 1.18 bits per heavy atom. The van der Waals surface area contributed by atoms with E-state index in [2.05, 4.69) is 4.98 Å². The average molecular weight is 152 g/mol. The molecule has 0 aliphatic rings. The standard InChI is InChI=1S/C8H10NO2/c1-4-5(2)9-6(3)7(4)8(10)11/h9H,1-3H3. The summed E-state index contributed by atoms with van der Waals surface area (Å²) in [6.07, 6.45) is 0. The lowest BCUT2D eigenvalue weighted by atomic mass is 10.1. The van der Waals surface area contributed by atoms with Crippen molar-refractivity contribution in [3.63, 3.8) is 0 Å². The Morgan fingerprint density at radius 2 is 1.73 bits per heavy atom. The van der Waals surface area contributed by atoms with E-state index in [-0.39, 0.29) is 0 Å². The fourth-order valence-corrected chi connectivity index (χ4v) is 1.21. The van der Waals surface area contributed by atoms with Gasteiger partial charge in [-0.05, 0) is 26.3 Å². The van der Waals surface area contributed by atoms with Gasteiger partial charge in [-0.1, -0.05) is 0 Å². The summed E-state index contributed by atoms with van der Waals surface area (Å²) in [6.45, 7) is 5.34. The van der Waals surface area contributed by atoms with Gasteiger partial charge in [-0.25, -0.2) is 9.90 Å². The highest BCUT2D eigenvalue weighted by molar-refractivity contribution is 5.90. The van der Waals surface area contributed by atoms with Crippen LogP contribution in [0.1, 0.15) is 27.3 Å². The minimum atomic E-state index is -1.11. The zero-order chi connectivity index (χ0) is 8.59. The third kappa shape index (κ3) is 1.13. The minimum Gasteiger partial charge on any atom is -0.362 e. The second kappa shape index (κ2) is 2.42. The van der Waals surface area contributed by atoms with Crippen LogP contribution in [0, 0.1) is 20.8 Å². The van der Waals surface area contributed by atoms with Gasteiger partial charge in [0.2, 0.25) is 0 Å². The van der Waals surface area contributed by atoms with Crippen molar-refractivity contribution in [1.82, 2.24) is 4.98 Å². The van der Waals surface area contributed by atoms with Crippen LogP contribution in [0.25, 0.3) is 0 Å². The topological polar surface area (TPSA) is 52.8 Å². The SMILES string of the molecule is Cc1[nH]c(C)c(C([O])=O)c1C. The number of hydrogen-bond donors (Lipinski definition) is 1. The summed E-state index contributed by atoms with van der Waals surface area (Å²) in [6, 6.07) is 0. The second-order valence-electron chi connectivity index (χ2n) is 2.66. The van der Waals surface area contributed by atoms with Gasteiger partial charge in [-0.3, -0.25) is 0 Å². The maximum absolute atomic E-state index is 10.5. The number of H-pyrrole nitrogens is 1. The summed E-state index contributed by atoms with van der Waals surface area (Å²) in [5, 5.41) is 10.5. The normalized spacial score (nSPS) is 10.1. The summed E-state index contributed by atoms with van der Waals surface area (Å²) < 4.78 is 0. The summed E-state index contributed by atoms with van der Waals surface area (Å²) in [5.74, 6) is -1.11. The van der Waals surface area contributed by atoms with Gasteiger partial charge < -0.3 is 4.98 Å². The van der Waals surface area contributed by atoms with E-state index in [1.807, 2.05) is 6.92 Å². The molecule has 0 aliphatic carbocycles. The van der Waals surface area contributed by atoms with Gasteiger partial charge in [0, 0.05) is 11.4 Å². The highest BCUT2D eigenvalue weighted by Gasteiger charge is 2.15. The maximum Gasteiger partial charge on any atom is 0.388 e. The monoisotopic (exact) mass is 152 g/mol. The number of aromatic amines is 1. The Labute approximate surface area is 65.1 Å². The molecular weight excluding hydrogens is 142 g/mol. The number of carbonyl (C=O) groups excluding carboxylic acids is 1. The van der Waals surface area contributed by atoms with Crippen molar-refractivity contribution in [2.75, 3.05) is 0 Å². The van der Waals surface area contributed by atoms with Crippen LogP contribution in [-0.2, 0) is 5.11 Å². The molecule has 3 nitrogen and oxygen atoms in total. The summed E-state index contributed by atoms with van der Waals surface area (Å²) in [5.41, 5.74) is 2.62. The van der Waals surface area contributed by atoms with Gasteiger partial charge in [0.15, 0.2) is 0 Å². The van der Waals surface area contributed by atoms with Gasteiger partial charge in [-0.15, -0.1) is 0 Å². The van der Waals surface area contributed by atoms with Crippen LogP contribution >= 0.6 is 0 Å². The van der Waals surface area contributed by atoms with E-state index in [1.54, 1.807) is 13.8 Å². The van der Waals surface area contributed by atoms with Crippen LogP contribution in [0.2, 0.25) is 0 Å². The highest BCUT2D eigenvalue weighted by Crippen LogP contribution is 2.16. The van der Waals surface area contributed by atoms with E-state index in [1.165, 1.54) is 0 Å². The number of hydrogen-bond acceptors (Lipinski definition) is 1. The molecule has 0 aromatic carbocycles. The molecule has 1 N–H and O–H groups in total. The van der Waals surface area contributed by atoms with E-state index in [9.17, 15) is 9.90 Å². The van der Waals surface area contributed by atoms with E-state index in [0.717, 1.165) is 11.3 Å². The highest BCUT2D eigenvalue weighted by atomic mass is 16.4. The molecular formula is C8H10NO2. The predicted molar refractivity (Wildman–Crippen MR) is 40.0 cm³/mol. The van der Waals surface area contributed by atoms with Crippen molar-refractivity contribution >= 4 is 5.97 Å². The molecule has 59 valence electrons. The van der Waals surface area contributed by atoms with Crippen LogP contribution in [0.15, 0.2) is 0 Å². The molecule has 1 aromatic rings. The number of aromatic nitrogens is 1. The molecule has 0 amide bonds. The first kappa shape index (κ1) is 7.85. The Hall–Kier alpha value is -1.25. The first-order chi connectivity index (χ1) is 5.04. The van der Waals surface area contributed by atoms with Crippen molar-refractivity contribution in [3.8, 4) is 0 Å². The van der Waals surface area contributed by atoms with Gasteiger partial charge in [0.05, 0.1) is 5.56 Å². The van der Waals surface area contributed by atoms with E-state index < -0.39 is 5.97 Å². The smallest absolute Gasteiger partial charge is 0.362 e. The van der Waals surface area contributed by atoms with Crippen molar-refractivity contribution in [2.24, 2.45) is 0 Å². The van der Waals surface area contributed by atoms with Crippen molar-refractivity contribution < 1.29 is 9.90 Å². The maximum atomic E-state index is 10.5. The van der Waals surface area contributed by atoms with Crippen molar-refractivity contribution in [3.05, 3.63) is 22.5 Å². The third-order valence-electron chi connectivity index (χ3n) is 1.89. The Bertz CT molecular complexity index is 299. The number of rotatable bonds is 1. The lowest BCUT2D eigenvalue weighted by Gasteiger charge is -1.89. The molecule has 0 atom stereocenters. The van der Waals surface area contributed by atoms with Crippen LogP contribution < -0.4 is 0 Å². The van der Waals surface area contributed by atoms with Gasteiger partial charge in [0.25, 0.3) is 0 Å². The number of nitrogens with one attached hydrogen (secondary N) is 1. The number of carbonyl (C=O) groups is 1. The fraction of sp³-hybridized carbons (Fsp3) is 0.375. The Kier molecular flexibility index (Phi) is 1.72. The molecule has 0 unspecified atom stereocenters. The van der Waals surface area contributed by atoms with Crippen molar-refractivity contribution in [1.29, 1.82) is 0 Å². The molecule has 0 bridgehead atoms. The molecule has 3 heteroatoms. The summed E-state index contributed by atoms with van der Waals surface area (Å²) >= 11 is 0. The number of aryl methyl sites for hydroxylation is 2. The molecule has 1 aromatic heterocycles. The molecule has 0 spiro atoms. The third-order valence-corrected chi connectivity index (χ3v) is 1.89. The van der Waals surface area contributed by atoms with E-state index in [4.69, 9.17) is 0 Å². The second-order valence-corrected chi connectivity index (χ2v) is 2.66. The fourth-order valence-electron chi connectivity index (χ4n) is 1.21. The van der Waals surface area contributed by atoms with Crippen LogP contribution in [-0.4, -0.2) is 11.0 Å². The molecule has 0 saturated heterocycles. The lowest BCUT2D eigenvalue weighted by molar-refractivity contribution is 0.0572. The molecule has 0 aliphatic heterocycles. The minimum absolute atomic E-state index is 0.294. The van der Waals surface area contributed by atoms with E-state index >= 15 is 0 Å². The zero-order valence-electron chi connectivity index (χ0n) is 6.82. The molecule has 0 saturated carbocycles. The molecule has 1 rings (SSSR count). The van der Waals surface area contributed by atoms with Gasteiger partial charge in [0.1, 0.15) is 0 Å². The summed E-state index contributed by atoms with van der Waals surface area (Å²) in [7, 11) is 0. The van der Waals surface area contributed by atoms with Crippen molar-refractivity contribution in [2.45, 2.75) is 20.8 Å². The van der Waals surface area contributed by atoms with Gasteiger partial charge >= 0.3 is 5.97 Å². The lowest BCUT2D eigenvalue weighted by Crippen LogP contribution is -1.96. The van der Waals surface area contributed by atoms with Crippen LogP contribution in [0.5, 0.6) is 0 Å². The van der Waals surface area contributed by atoms with E-state index in [0.29, 0.717) is 11.3 Å².